The fourth-order valence-corrected chi connectivity index (χ4v) is 3.67. The predicted molar refractivity (Wildman–Crippen MR) is 88.2 cm³/mol. The monoisotopic (exact) mass is 353 g/mol. The van der Waals surface area contributed by atoms with Crippen molar-refractivity contribution in [2.75, 3.05) is 32.4 Å². The van der Waals surface area contributed by atoms with E-state index in [0.717, 1.165) is 18.7 Å². The summed E-state index contributed by atoms with van der Waals surface area (Å²) in [6.07, 6.45) is 3.59. The maximum atomic E-state index is 13.3. The minimum atomic E-state index is -3.14. The van der Waals surface area contributed by atoms with Gasteiger partial charge >= 0.3 is 0 Å². The summed E-state index contributed by atoms with van der Waals surface area (Å²) in [6.45, 7) is 3.05. The van der Waals surface area contributed by atoms with Crippen molar-refractivity contribution in [2.45, 2.75) is 13.0 Å². The molecule has 1 fully saturated rings. The second-order valence-corrected chi connectivity index (χ2v) is 7.93. The van der Waals surface area contributed by atoms with Crippen LogP contribution in [0, 0.1) is 5.82 Å². The topological polar surface area (TPSA) is 66.7 Å². The molecule has 24 heavy (non-hydrogen) atoms. The molecule has 2 aromatic rings. The Bertz CT molecular complexity index is 806. The lowest BCUT2D eigenvalue weighted by Gasteiger charge is -2.19. The minimum Gasteiger partial charge on any atom is -0.444 e. The number of hydrogen-bond acceptors (Lipinski definition) is 5. The largest absolute Gasteiger partial charge is 0.444 e. The smallest absolute Gasteiger partial charge is 0.226 e. The van der Waals surface area contributed by atoms with Gasteiger partial charge in [-0.1, -0.05) is 6.07 Å². The molecule has 1 aliphatic rings. The van der Waals surface area contributed by atoms with E-state index in [-0.39, 0.29) is 5.82 Å². The first-order valence-electron chi connectivity index (χ1n) is 7.79. The van der Waals surface area contributed by atoms with E-state index >= 15 is 0 Å². The van der Waals surface area contributed by atoms with Gasteiger partial charge in [-0.25, -0.2) is 22.1 Å². The standard InChI is InChI=1S/C16H20FN3O3S/c1-24(21,22)20-7-3-6-19(8-9-20)11-15-12-23-16(18-15)13-4-2-5-14(17)10-13/h2,4-5,10,12H,3,6-9,11H2,1H3. The molecule has 0 bridgehead atoms. The fourth-order valence-electron chi connectivity index (χ4n) is 2.80. The van der Waals surface area contributed by atoms with E-state index in [1.54, 1.807) is 18.4 Å². The normalized spacial score (nSPS) is 17.8. The Kier molecular flexibility index (Phi) is 4.98. The van der Waals surface area contributed by atoms with Crippen LogP contribution in [-0.4, -0.2) is 55.0 Å². The van der Waals surface area contributed by atoms with E-state index < -0.39 is 10.0 Å². The van der Waals surface area contributed by atoms with Crippen LogP contribution in [0.5, 0.6) is 0 Å². The average Bonchev–Trinajstić information content (AvgIpc) is 2.84. The van der Waals surface area contributed by atoms with E-state index in [2.05, 4.69) is 9.88 Å². The van der Waals surface area contributed by atoms with Crippen LogP contribution < -0.4 is 0 Å². The molecular formula is C16H20FN3O3S. The van der Waals surface area contributed by atoms with Crippen molar-refractivity contribution in [3.8, 4) is 11.5 Å². The van der Waals surface area contributed by atoms with Crippen molar-refractivity contribution in [3.63, 3.8) is 0 Å². The highest BCUT2D eigenvalue weighted by atomic mass is 32.2. The lowest BCUT2D eigenvalue weighted by molar-refractivity contribution is 0.275. The number of hydrogen-bond donors (Lipinski definition) is 0. The van der Waals surface area contributed by atoms with Gasteiger partial charge in [0.25, 0.3) is 0 Å². The van der Waals surface area contributed by atoms with Gasteiger partial charge in [0.15, 0.2) is 0 Å². The molecule has 130 valence electrons. The Morgan fingerprint density at radius 1 is 1.25 bits per heavy atom. The molecule has 0 saturated carbocycles. The van der Waals surface area contributed by atoms with E-state index in [0.29, 0.717) is 37.6 Å². The van der Waals surface area contributed by atoms with Crippen LogP contribution in [0.1, 0.15) is 12.1 Å². The average molecular weight is 353 g/mol. The molecule has 1 aromatic heterocycles. The summed E-state index contributed by atoms with van der Waals surface area (Å²) >= 11 is 0. The summed E-state index contributed by atoms with van der Waals surface area (Å²) in [4.78, 5) is 6.56. The fraction of sp³-hybridized carbons (Fsp3) is 0.438. The number of rotatable bonds is 4. The lowest BCUT2D eigenvalue weighted by Crippen LogP contribution is -2.34. The first-order valence-corrected chi connectivity index (χ1v) is 9.64. The highest BCUT2D eigenvalue weighted by molar-refractivity contribution is 7.88. The van der Waals surface area contributed by atoms with Crippen LogP contribution in [0.4, 0.5) is 4.39 Å². The van der Waals surface area contributed by atoms with Gasteiger partial charge in [0.1, 0.15) is 12.1 Å². The first kappa shape index (κ1) is 17.1. The first-order chi connectivity index (χ1) is 11.4. The summed E-state index contributed by atoms with van der Waals surface area (Å²) in [6, 6.07) is 6.11. The van der Waals surface area contributed by atoms with Crippen molar-refractivity contribution < 1.29 is 17.2 Å². The zero-order valence-electron chi connectivity index (χ0n) is 13.5. The molecule has 0 radical (unpaired) electrons. The van der Waals surface area contributed by atoms with Crippen LogP contribution in [0.15, 0.2) is 34.9 Å². The van der Waals surface area contributed by atoms with Crippen molar-refractivity contribution in [1.82, 2.24) is 14.2 Å². The molecule has 2 heterocycles. The number of nitrogens with zero attached hydrogens (tertiary/aromatic N) is 3. The van der Waals surface area contributed by atoms with Gasteiger partial charge in [-0.15, -0.1) is 0 Å². The summed E-state index contributed by atoms with van der Waals surface area (Å²) in [5.74, 6) is 0.0534. The molecule has 0 N–H and O–H groups in total. The Morgan fingerprint density at radius 2 is 2.08 bits per heavy atom. The Hall–Kier alpha value is -1.77. The third-order valence-corrected chi connectivity index (χ3v) is 5.33. The Balaban J connectivity index is 1.65. The van der Waals surface area contributed by atoms with Crippen LogP contribution in [0.25, 0.3) is 11.5 Å². The predicted octanol–water partition coefficient (Wildman–Crippen LogP) is 1.95. The molecule has 0 spiro atoms. The van der Waals surface area contributed by atoms with Gasteiger partial charge < -0.3 is 4.42 Å². The molecule has 1 aromatic carbocycles. The Labute approximate surface area is 140 Å². The number of aromatic nitrogens is 1. The summed E-state index contributed by atoms with van der Waals surface area (Å²) < 4.78 is 43.5. The van der Waals surface area contributed by atoms with E-state index in [9.17, 15) is 12.8 Å². The third kappa shape index (κ3) is 4.19. The summed E-state index contributed by atoms with van der Waals surface area (Å²) in [7, 11) is -3.14. The second kappa shape index (κ2) is 7.00. The maximum absolute atomic E-state index is 13.3. The number of halogens is 1. The molecule has 1 aliphatic heterocycles. The molecule has 0 atom stereocenters. The highest BCUT2D eigenvalue weighted by Gasteiger charge is 2.22. The number of oxazole rings is 1. The summed E-state index contributed by atoms with van der Waals surface area (Å²) in [5.41, 5.74) is 1.35. The molecule has 8 heteroatoms. The molecule has 0 aliphatic carbocycles. The van der Waals surface area contributed by atoms with Gasteiger partial charge in [0.05, 0.1) is 11.9 Å². The second-order valence-electron chi connectivity index (χ2n) is 5.95. The molecule has 0 amide bonds. The zero-order chi connectivity index (χ0) is 17.2. The minimum absolute atomic E-state index is 0.333. The van der Waals surface area contributed by atoms with Crippen molar-refractivity contribution in [2.24, 2.45) is 0 Å². The van der Waals surface area contributed by atoms with E-state index in [4.69, 9.17) is 4.42 Å². The third-order valence-electron chi connectivity index (χ3n) is 4.03. The SMILES string of the molecule is CS(=O)(=O)N1CCCN(Cc2coc(-c3cccc(F)c3)n2)CC1. The number of benzene rings is 1. The Morgan fingerprint density at radius 3 is 2.83 bits per heavy atom. The molecular weight excluding hydrogens is 333 g/mol. The van der Waals surface area contributed by atoms with Crippen LogP contribution in [0.2, 0.25) is 0 Å². The van der Waals surface area contributed by atoms with Gasteiger partial charge in [0.2, 0.25) is 15.9 Å². The van der Waals surface area contributed by atoms with Crippen molar-refractivity contribution in [1.29, 1.82) is 0 Å². The summed E-state index contributed by atoms with van der Waals surface area (Å²) in [5, 5.41) is 0. The lowest BCUT2D eigenvalue weighted by atomic mass is 10.2. The van der Waals surface area contributed by atoms with Crippen LogP contribution in [0.3, 0.4) is 0 Å². The molecule has 1 saturated heterocycles. The van der Waals surface area contributed by atoms with Crippen molar-refractivity contribution >= 4 is 10.0 Å². The zero-order valence-corrected chi connectivity index (χ0v) is 14.3. The molecule has 6 nitrogen and oxygen atoms in total. The van der Waals surface area contributed by atoms with Gasteiger partial charge in [-0.05, 0) is 31.2 Å². The maximum Gasteiger partial charge on any atom is 0.226 e. The van der Waals surface area contributed by atoms with E-state index in [1.165, 1.54) is 22.7 Å². The van der Waals surface area contributed by atoms with Crippen molar-refractivity contribution in [3.05, 3.63) is 42.0 Å². The molecule has 0 unspecified atom stereocenters. The van der Waals surface area contributed by atoms with Gasteiger partial charge in [-0.2, -0.15) is 0 Å². The van der Waals surface area contributed by atoms with Crippen LogP contribution >= 0.6 is 0 Å². The van der Waals surface area contributed by atoms with Gasteiger partial charge in [-0.3, -0.25) is 4.90 Å². The van der Waals surface area contributed by atoms with E-state index in [1.807, 2.05) is 0 Å². The van der Waals surface area contributed by atoms with Gasteiger partial charge in [0, 0.05) is 31.7 Å². The highest BCUT2D eigenvalue weighted by Crippen LogP contribution is 2.20. The number of sulfonamides is 1. The van der Waals surface area contributed by atoms with Crippen LogP contribution in [-0.2, 0) is 16.6 Å². The quantitative estimate of drug-likeness (QED) is 0.840. The molecule has 3 rings (SSSR count).